The number of amides is 1. The molecule has 0 radical (unpaired) electrons. The molecule has 114 valence electrons. The van der Waals surface area contributed by atoms with E-state index < -0.39 is 0 Å². The van der Waals surface area contributed by atoms with Crippen LogP contribution < -0.4 is 4.90 Å². The molecule has 22 heavy (non-hydrogen) atoms. The largest absolute Gasteiger partial charge is 0.507 e. The number of piperazine rings is 1. The fourth-order valence-corrected chi connectivity index (χ4v) is 2.78. The molecule has 0 bridgehead atoms. The predicted molar refractivity (Wildman–Crippen MR) is 86.0 cm³/mol. The molecule has 0 aliphatic carbocycles. The molecule has 3 rings (SSSR count). The van der Waals surface area contributed by atoms with Crippen molar-refractivity contribution in [1.82, 2.24) is 14.9 Å². The number of aromatic hydroxyl groups is 1. The normalized spacial score (nSPS) is 15.0. The van der Waals surface area contributed by atoms with Crippen molar-refractivity contribution in [3.05, 3.63) is 46.7 Å². The van der Waals surface area contributed by atoms with Gasteiger partial charge < -0.3 is 14.9 Å². The average molecular weight is 363 g/mol. The van der Waals surface area contributed by atoms with Gasteiger partial charge in [0.05, 0.1) is 5.56 Å². The SMILES string of the molecule is O=C(c1cc(Br)ccc1O)N1CCN(c2ncccn2)CC1. The molecule has 1 amide bonds. The molecule has 1 aromatic carbocycles. The first kappa shape index (κ1) is 14.8. The third kappa shape index (κ3) is 3.04. The summed E-state index contributed by atoms with van der Waals surface area (Å²) in [5.41, 5.74) is 0.318. The van der Waals surface area contributed by atoms with Crippen LogP contribution in [0.1, 0.15) is 10.4 Å². The van der Waals surface area contributed by atoms with Gasteiger partial charge in [-0.05, 0) is 24.3 Å². The second kappa shape index (κ2) is 6.31. The molecule has 1 aliphatic rings. The van der Waals surface area contributed by atoms with Gasteiger partial charge in [0.2, 0.25) is 5.95 Å². The maximum Gasteiger partial charge on any atom is 0.257 e. The zero-order valence-corrected chi connectivity index (χ0v) is 13.4. The lowest BCUT2D eigenvalue weighted by Gasteiger charge is -2.34. The number of carbonyl (C=O) groups is 1. The van der Waals surface area contributed by atoms with Crippen molar-refractivity contribution in [3.63, 3.8) is 0 Å². The molecule has 1 aliphatic heterocycles. The molecule has 0 atom stereocenters. The highest BCUT2D eigenvalue weighted by atomic mass is 79.9. The number of phenolic OH excluding ortho intramolecular Hbond substituents is 1. The van der Waals surface area contributed by atoms with Crippen LogP contribution in [-0.4, -0.2) is 52.1 Å². The van der Waals surface area contributed by atoms with Crippen LogP contribution in [-0.2, 0) is 0 Å². The summed E-state index contributed by atoms with van der Waals surface area (Å²) in [6.45, 7) is 2.49. The van der Waals surface area contributed by atoms with E-state index in [1.165, 1.54) is 6.07 Å². The molecule has 0 unspecified atom stereocenters. The zero-order valence-electron chi connectivity index (χ0n) is 11.8. The van der Waals surface area contributed by atoms with Gasteiger partial charge in [0.1, 0.15) is 5.75 Å². The standard InChI is InChI=1S/C15H15BrN4O2/c16-11-2-3-13(21)12(10-11)14(22)19-6-8-20(9-7-19)15-17-4-1-5-18-15/h1-5,10,21H,6-9H2. The Bertz CT molecular complexity index is 672. The van der Waals surface area contributed by atoms with Gasteiger partial charge in [0, 0.05) is 43.0 Å². The van der Waals surface area contributed by atoms with Gasteiger partial charge >= 0.3 is 0 Å². The Morgan fingerprint density at radius 1 is 1.14 bits per heavy atom. The molecule has 1 aromatic heterocycles. The van der Waals surface area contributed by atoms with Crippen molar-refractivity contribution in [2.24, 2.45) is 0 Å². The highest BCUT2D eigenvalue weighted by Crippen LogP contribution is 2.24. The molecule has 1 fully saturated rings. The lowest BCUT2D eigenvalue weighted by atomic mass is 10.1. The number of aromatic nitrogens is 2. The number of benzene rings is 1. The Labute approximate surface area is 136 Å². The van der Waals surface area contributed by atoms with E-state index >= 15 is 0 Å². The van der Waals surface area contributed by atoms with Crippen LogP contribution in [0.15, 0.2) is 41.1 Å². The minimum atomic E-state index is -0.160. The van der Waals surface area contributed by atoms with Gasteiger partial charge in [-0.3, -0.25) is 4.79 Å². The number of nitrogens with zero attached hydrogens (tertiary/aromatic N) is 4. The van der Waals surface area contributed by atoms with E-state index in [0.717, 1.165) is 4.47 Å². The summed E-state index contributed by atoms with van der Waals surface area (Å²) in [6, 6.07) is 6.64. The van der Waals surface area contributed by atoms with Gasteiger partial charge in [0.25, 0.3) is 5.91 Å². The molecule has 2 heterocycles. The van der Waals surface area contributed by atoms with Crippen molar-refractivity contribution in [2.45, 2.75) is 0 Å². The number of rotatable bonds is 2. The van der Waals surface area contributed by atoms with Crippen molar-refractivity contribution in [1.29, 1.82) is 0 Å². The fraction of sp³-hybridized carbons (Fsp3) is 0.267. The second-order valence-corrected chi connectivity index (χ2v) is 5.91. The number of phenols is 1. The van der Waals surface area contributed by atoms with Crippen LogP contribution in [0.5, 0.6) is 5.75 Å². The third-order valence-electron chi connectivity index (χ3n) is 3.59. The molecule has 0 saturated carbocycles. The Hall–Kier alpha value is -2.15. The van der Waals surface area contributed by atoms with Gasteiger partial charge in [-0.25, -0.2) is 9.97 Å². The van der Waals surface area contributed by atoms with Crippen LogP contribution in [0, 0.1) is 0 Å². The minimum absolute atomic E-state index is 0.00187. The lowest BCUT2D eigenvalue weighted by molar-refractivity contribution is 0.0743. The van der Waals surface area contributed by atoms with Crippen molar-refractivity contribution < 1.29 is 9.90 Å². The maximum atomic E-state index is 12.5. The zero-order chi connectivity index (χ0) is 15.5. The summed E-state index contributed by atoms with van der Waals surface area (Å²) in [5.74, 6) is 0.523. The number of halogens is 1. The summed E-state index contributed by atoms with van der Waals surface area (Å²) in [5, 5.41) is 9.87. The van der Waals surface area contributed by atoms with Gasteiger partial charge in [0.15, 0.2) is 0 Å². The maximum absolute atomic E-state index is 12.5. The molecule has 6 nitrogen and oxygen atoms in total. The molecule has 1 saturated heterocycles. The van der Waals surface area contributed by atoms with E-state index in [1.807, 2.05) is 4.90 Å². The van der Waals surface area contributed by atoms with E-state index in [4.69, 9.17) is 0 Å². The third-order valence-corrected chi connectivity index (χ3v) is 4.08. The van der Waals surface area contributed by atoms with Crippen LogP contribution >= 0.6 is 15.9 Å². The molecule has 2 aromatic rings. The number of hydrogen-bond donors (Lipinski definition) is 1. The van der Waals surface area contributed by atoms with E-state index in [0.29, 0.717) is 37.7 Å². The van der Waals surface area contributed by atoms with E-state index in [9.17, 15) is 9.90 Å². The van der Waals surface area contributed by atoms with Crippen molar-refractivity contribution in [2.75, 3.05) is 31.1 Å². The molecular weight excluding hydrogens is 348 g/mol. The Balaban J connectivity index is 1.68. The van der Waals surface area contributed by atoms with E-state index in [2.05, 4.69) is 25.9 Å². The van der Waals surface area contributed by atoms with Crippen molar-refractivity contribution >= 4 is 27.8 Å². The molecule has 0 spiro atoms. The number of anilines is 1. The molecule has 7 heteroatoms. The first-order valence-corrected chi connectivity index (χ1v) is 7.74. The Morgan fingerprint density at radius 3 is 2.50 bits per heavy atom. The van der Waals surface area contributed by atoms with E-state index in [-0.39, 0.29) is 11.7 Å². The topological polar surface area (TPSA) is 69.6 Å². The monoisotopic (exact) mass is 362 g/mol. The quantitative estimate of drug-likeness (QED) is 0.883. The summed E-state index contributed by atoms with van der Waals surface area (Å²) < 4.78 is 0.768. The Kier molecular flexibility index (Phi) is 4.24. The van der Waals surface area contributed by atoms with Crippen molar-refractivity contribution in [3.8, 4) is 5.75 Å². The van der Waals surface area contributed by atoms with Crippen LogP contribution in [0.4, 0.5) is 5.95 Å². The van der Waals surface area contributed by atoms with Crippen LogP contribution in [0.2, 0.25) is 0 Å². The predicted octanol–water partition coefficient (Wildman–Crippen LogP) is 1.91. The van der Waals surface area contributed by atoms with Crippen LogP contribution in [0.25, 0.3) is 0 Å². The number of hydrogen-bond acceptors (Lipinski definition) is 5. The van der Waals surface area contributed by atoms with Gasteiger partial charge in [-0.15, -0.1) is 0 Å². The van der Waals surface area contributed by atoms with Gasteiger partial charge in [-0.1, -0.05) is 15.9 Å². The lowest BCUT2D eigenvalue weighted by Crippen LogP contribution is -2.49. The highest BCUT2D eigenvalue weighted by molar-refractivity contribution is 9.10. The smallest absolute Gasteiger partial charge is 0.257 e. The summed E-state index contributed by atoms with van der Waals surface area (Å²) in [4.78, 5) is 24.7. The second-order valence-electron chi connectivity index (χ2n) is 4.99. The van der Waals surface area contributed by atoms with Gasteiger partial charge in [-0.2, -0.15) is 0 Å². The summed E-state index contributed by atoms with van der Waals surface area (Å²) in [6.07, 6.45) is 3.42. The highest BCUT2D eigenvalue weighted by Gasteiger charge is 2.25. The fourth-order valence-electron chi connectivity index (χ4n) is 2.41. The molecular formula is C15H15BrN4O2. The van der Waals surface area contributed by atoms with Crippen LogP contribution in [0.3, 0.4) is 0 Å². The summed E-state index contributed by atoms with van der Waals surface area (Å²) in [7, 11) is 0. The summed E-state index contributed by atoms with van der Waals surface area (Å²) >= 11 is 3.32. The number of carbonyl (C=O) groups excluding carboxylic acids is 1. The average Bonchev–Trinajstić information content (AvgIpc) is 2.57. The van der Waals surface area contributed by atoms with E-state index in [1.54, 1.807) is 35.5 Å². The molecule has 1 N–H and O–H groups in total. The first-order valence-electron chi connectivity index (χ1n) is 6.95. The first-order chi connectivity index (χ1) is 10.6. The Morgan fingerprint density at radius 2 is 1.82 bits per heavy atom. The minimum Gasteiger partial charge on any atom is -0.507 e.